The molecule has 3 aromatic rings. The Bertz CT molecular complexity index is 741. The van der Waals surface area contributed by atoms with Crippen molar-refractivity contribution in [2.75, 3.05) is 0 Å². The summed E-state index contributed by atoms with van der Waals surface area (Å²) in [4.78, 5) is 4.36. The fourth-order valence-corrected chi connectivity index (χ4v) is 2.54. The van der Waals surface area contributed by atoms with Crippen molar-refractivity contribution in [1.29, 1.82) is 0 Å². The van der Waals surface area contributed by atoms with Gasteiger partial charge < -0.3 is 9.63 Å². The second kappa shape index (κ2) is 6.26. The Balaban J connectivity index is 1.76. The van der Waals surface area contributed by atoms with Crippen molar-refractivity contribution in [2.24, 2.45) is 0 Å². The van der Waals surface area contributed by atoms with Crippen LogP contribution < -0.4 is 0 Å². The zero-order chi connectivity index (χ0) is 14.7. The number of halogens is 1. The van der Waals surface area contributed by atoms with Crippen LogP contribution in [0, 0.1) is 3.57 Å². The highest BCUT2D eigenvalue weighted by atomic mass is 127. The van der Waals surface area contributed by atoms with E-state index in [0.717, 1.165) is 9.99 Å². The number of phenolic OH excluding ortho intramolecular Hbond substituents is 1. The molecule has 106 valence electrons. The predicted octanol–water partition coefficient (Wildman–Crippen LogP) is 3.83. The van der Waals surface area contributed by atoms with Crippen LogP contribution in [0.2, 0.25) is 0 Å². The number of hydrogen-bond acceptors (Lipinski definition) is 4. The van der Waals surface area contributed by atoms with E-state index in [1.165, 1.54) is 5.56 Å². The summed E-state index contributed by atoms with van der Waals surface area (Å²) in [5, 5.41) is 13.9. The maximum Gasteiger partial charge on any atom is 0.261 e. The van der Waals surface area contributed by atoms with E-state index in [0.29, 0.717) is 23.7 Å². The summed E-state index contributed by atoms with van der Waals surface area (Å²) >= 11 is 2.18. The second-order valence-corrected chi connectivity index (χ2v) is 5.91. The molecule has 0 aliphatic rings. The molecule has 21 heavy (non-hydrogen) atoms. The standard InChI is InChI=1S/C16H13IN2O2/c17-12-7-8-14(20)13(10-12)16-18-15(19-21-16)9-6-11-4-2-1-3-5-11/h1-5,7-8,10,20H,6,9H2. The molecule has 0 bridgehead atoms. The molecule has 0 spiro atoms. The minimum Gasteiger partial charge on any atom is -0.507 e. The summed E-state index contributed by atoms with van der Waals surface area (Å²) in [5.74, 6) is 1.15. The Kier molecular flexibility index (Phi) is 4.19. The molecule has 0 aliphatic heterocycles. The molecular formula is C16H13IN2O2. The smallest absolute Gasteiger partial charge is 0.261 e. The molecule has 1 heterocycles. The summed E-state index contributed by atoms with van der Waals surface area (Å²) < 4.78 is 6.25. The average molecular weight is 392 g/mol. The van der Waals surface area contributed by atoms with Crippen molar-refractivity contribution >= 4 is 22.6 Å². The maximum atomic E-state index is 9.87. The highest BCUT2D eigenvalue weighted by Gasteiger charge is 2.13. The van der Waals surface area contributed by atoms with E-state index in [1.807, 2.05) is 30.3 Å². The molecule has 2 aromatic carbocycles. The van der Waals surface area contributed by atoms with Gasteiger partial charge in [-0.15, -0.1) is 0 Å². The first-order chi connectivity index (χ1) is 10.2. The van der Waals surface area contributed by atoms with Crippen LogP contribution in [-0.4, -0.2) is 15.2 Å². The van der Waals surface area contributed by atoms with Crippen molar-refractivity contribution in [2.45, 2.75) is 12.8 Å². The molecule has 0 amide bonds. The topological polar surface area (TPSA) is 59.2 Å². The van der Waals surface area contributed by atoms with Gasteiger partial charge in [-0.1, -0.05) is 35.5 Å². The lowest BCUT2D eigenvalue weighted by molar-refractivity contribution is 0.417. The zero-order valence-corrected chi connectivity index (χ0v) is 13.3. The molecule has 1 N–H and O–H groups in total. The molecular weight excluding hydrogens is 379 g/mol. The van der Waals surface area contributed by atoms with E-state index in [9.17, 15) is 5.11 Å². The minimum absolute atomic E-state index is 0.147. The number of aryl methyl sites for hydroxylation is 2. The van der Waals surface area contributed by atoms with Gasteiger partial charge >= 0.3 is 0 Å². The molecule has 0 saturated carbocycles. The van der Waals surface area contributed by atoms with Gasteiger partial charge in [0.05, 0.1) is 5.56 Å². The SMILES string of the molecule is Oc1ccc(I)cc1-c1nc(CCc2ccccc2)no1. The number of phenols is 1. The molecule has 4 nitrogen and oxygen atoms in total. The van der Waals surface area contributed by atoms with Crippen molar-refractivity contribution in [3.63, 3.8) is 0 Å². The molecule has 0 fully saturated rings. The van der Waals surface area contributed by atoms with Crippen molar-refractivity contribution < 1.29 is 9.63 Å². The third-order valence-electron chi connectivity index (χ3n) is 3.14. The van der Waals surface area contributed by atoms with Crippen LogP contribution in [0.25, 0.3) is 11.5 Å². The van der Waals surface area contributed by atoms with Crippen molar-refractivity contribution in [3.8, 4) is 17.2 Å². The first kappa shape index (κ1) is 14.1. The number of nitrogens with zero attached hydrogens (tertiary/aromatic N) is 2. The maximum absolute atomic E-state index is 9.87. The Hall–Kier alpha value is -1.89. The molecule has 0 aliphatic carbocycles. The lowest BCUT2D eigenvalue weighted by atomic mass is 10.1. The number of hydrogen-bond donors (Lipinski definition) is 1. The number of rotatable bonds is 4. The quantitative estimate of drug-likeness (QED) is 0.686. The Morgan fingerprint density at radius 1 is 1.05 bits per heavy atom. The number of benzene rings is 2. The van der Waals surface area contributed by atoms with Gasteiger partial charge in [0, 0.05) is 9.99 Å². The lowest BCUT2D eigenvalue weighted by Crippen LogP contribution is -1.93. The Morgan fingerprint density at radius 2 is 1.86 bits per heavy atom. The zero-order valence-electron chi connectivity index (χ0n) is 11.2. The first-order valence-corrected chi connectivity index (χ1v) is 7.65. The molecule has 0 saturated heterocycles. The lowest BCUT2D eigenvalue weighted by Gasteiger charge is -1.99. The fraction of sp³-hybridized carbons (Fsp3) is 0.125. The van der Waals surface area contributed by atoms with Crippen molar-refractivity contribution in [1.82, 2.24) is 10.1 Å². The highest BCUT2D eigenvalue weighted by Crippen LogP contribution is 2.29. The summed E-state index contributed by atoms with van der Waals surface area (Å²) in [6.07, 6.45) is 1.57. The summed E-state index contributed by atoms with van der Waals surface area (Å²) in [5.41, 5.74) is 1.81. The summed E-state index contributed by atoms with van der Waals surface area (Å²) in [7, 11) is 0. The average Bonchev–Trinajstić information content (AvgIpc) is 2.97. The van der Waals surface area contributed by atoms with Crippen molar-refractivity contribution in [3.05, 3.63) is 63.5 Å². The third kappa shape index (κ3) is 3.41. The van der Waals surface area contributed by atoms with E-state index in [4.69, 9.17) is 4.52 Å². The van der Waals surface area contributed by atoms with Crippen LogP contribution in [0.5, 0.6) is 5.75 Å². The Morgan fingerprint density at radius 3 is 2.67 bits per heavy atom. The normalized spacial score (nSPS) is 10.7. The molecule has 0 radical (unpaired) electrons. The van der Waals surface area contributed by atoms with E-state index < -0.39 is 0 Å². The van der Waals surface area contributed by atoms with Gasteiger partial charge in [0.25, 0.3) is 5.89 Å². The number of aromatic hydroxyl groups is 1. The molecule has 0 atom stereocenters. The van der Waals surface area contributed by atoms with Crippen LogP contribution >= 0.6 is 22.6 Å². The van der Waals surface area contributed by atoms with Gasteiger partial charge in [-0.2, -0.15) is 4.98 Å². The van der Waals surface area contributed by atoms with E-state index in [-0.39, 0.29) is 5.75 Å². The van der Waals surface area contributed by atoms with Gasteiger partial charge in [-0.25, -0.2) is 0 Å². The predicted molar refractivity (Wildman–Crippen MR) is 88.0 cm³/mol. The van der Waals surface area contributed by atoms with Crippen LogP contribution in [0.4, 0.5) is 0 Å². The van der Waals surface area contributed by atoms with Gasteiger partial charge in [0.15, 0.2) is 5.82 Å². The molecule has 3 rings (SSSR count). The van der Waals surface area contributed by atoms with Crippen LogP contribution in [-0.2, 0) is 12.8 Å². The molecule has 0 unspecified atom stereocenters. The van der Waals surface area contributed by atoms with Gasteiger partial charge in [-0.3, -0.25) is 0 Å². The fourth-order valence-electron chi connectivity index (χ4n) is 2.05. The van der Waals surface area contributed by atoms with Crippen LogP contribution in [0.1, 0.15) is 11.4 Å². The van der Waals surface area contributed by atoms with Crippen LogP contribution in [0.15, 0.2) is 53.1 Å². The van der Waals surface area contributed by atoms with Gasteiger partial charge in [0.1, 0.15) is 5.75 Å². The minimum atomic E-state index is 0.147. The third-order valence-corrected chi connectivity index (χ3v) is 3.81. The highest BCUT2D eigenvalue weighted by molar-refractivity contribution is 14.1. The van der Waals surface area contributed by atoms with E-state index >= 15 is 0 Å². The van der Waals surface area contributed by atoms with E-state index in [1.54, 1.807) is 6.07 Å². The monoisotopic (exact) mass is 392 g/mol. The second-order valence-electron chi connectivity index (χ2n) is 4.66. The first-order valence-electron chi connectivity index (χ1n) is 6.58. The largest absolute Gasteiger partial charge is 0.507 e. The van der Waals surface area contributed by atoms with Gasteiger partial charge in [0.2, 0.25) is 0 Å². The summed E-state index contributed by atoms with van der Waals surface area (Å²) in [6, 6.07) is 15.5. The molecule has 1 aromatic heterocycles. The van der Waals surface area contributed by atoms with E-state index in [2.05, 4.69) is 44.9 Å². The summed E-state index contributed by atoms with van der Waals surface area (Å²) in [6.45, 7) is 0. The van der Waals surface area contributed by atoms with Crippen LogP contribution in [0.3, 0.4) is 0 Å². The van der Waals surface area contributed by atoms with Gasteiger partial charge in [-0.05, 0) is 52.8 Å². The number of aromatic nitrogens is 2. The molecule has 5 heteroatoms. The Labute approximate surface area is 136 Å².